The number of nitrogens with zero attached hydrogens (tertiary/aromatic N) is 3. The molecule has 6 rings (SSSR count). The molecular weight excluding hydrogens is 450 g/mol. The number of nitrogens with one attached hydrogen (secondary N) is 3. The molecule has 1 aromatic heterocycles. The van der Waals surface area contributed by atoms with Gasteiger partial charge in [0.25, 0.3) is 0 Å². The van der Waals surface area contributed by atoms with Crippen LogP contribution in [0, 0.1) is 10.8 Å². The number of nitrogens with two attached hydrogens (primary N) is 1. The Labute approximate surface area is 211 Å². The second-order valence-electron chi connectivity index (χ2n) is 10.4. The summed E-state index contributed by atoms with van der Waals surface area (Å²) in [5.74, 6) is 2.45. The molecule has 0 amide bonds. The number of rotatable bonds is 7. The first-order valence-corrected chi connectivity index (χ1v) is 12.8. The fraction of sp³-hybridized carbons (Fsp3) is 0.393. The minimum Gasteiger partial charge on any atom is -0.457 e. The Hall–Kier alpha value is -3.49. The molecule has 36 heavy (non-hydrogen) atoms. The smallest absolute Gasteiger partial charge is 0.141 e. The number of likely N-dealkylation sites (tertiary alicyclic amines) is 1. The van der Waals surface area contributed by atoms with Crippen molar-refractivity contribution in [3.8, 4) is 11.5 Å². The third-order valence-electron chi connectivity index (χ3n) is 7.99. The van der Waals surface area contributed by atoms with E-state index in [1.807, 2.05) is 54.6 Å². The Morgan fingerprint density at radius 1 is 1.00 bits per heavy atom. The van der Waals surface area contributed by atoms with E-state index in [0.29, 0.717) is 40.1 Å². The van der Waals surface area contributed by atoms with Crippen LogP contribution in [0.2, 0.25) is 0 Å². The Bertz CT molecular complexity index is 1210. The number of ether oxygens (including phenoxy) is 1. The van der Waals surface area contributed by atoms with E-state index in [1.165, 1.54) is 32.3 Å². The van der Waals surface area contributed by atoms with Crippen LogP contribution in [0.25, 0.3) is 0 Å². The monoisotopic (exact) mass is 483 g/mol. The van der Waals surface area contributed by atoms with Gasteiger partial charge in [0, 0.05) is 43.8 Å². The van der Waals surface area contributed by atoms with Gasteiger partial charge in [-0.15, -0.1) is 0 Å². The third kappa shape index (κ3) is 4.54. The van der Waals surface area contributed by atoms with Crippen LogP contribution in [0.15, 0.2) is 60.9 Å². The molecule has 2 aromatic carbocycles. The summed E-state index contributed by atoms with van der Waals surface area (Å²) in [4.78, 5) is 11.3. The van der Waals surface area contributed by atoms with Crippen molar-refractivity contribution in [2.45, 2.75) is 37.8 Å². The maximum absolute atomic E-state index is 8.90. The summed E-state index contributed by atoms with van der Waals surface area (Å²) in [5, 5.41) is 15.9. The molecule has 0 unspecified atom stereocenters. The van der Waals surface area contributed by atoms with Crippen molar-refractivity contribution in [2.75, 3.05) is 37.2 Å². The number of nitrogen functional groups attached to an aromatic ring is 1. The molecule has 3 fully saturated rings. The zero-order chi connectivity index (χ0) is 24.5. The van der Waals surface area contributed by atoms with Gasteiger partial charge in [-0.05, 0) is 67.5 Å². The number of para-hydroxylation sites is 1. The molecule has 3 aliphatic rings. The van der Waals surface area contributed by atoms with Gasteiger partial charge in [0.2, 0.25) is 0 Å². The number of hydrogen-bond acceptors (Lipinski definition) is 8. The first-order valence-electron chi connectivity index (χ1n) is 12.8. The van der Waals surface area contributed by atoms with Crippen molar-refractivity contribution in [1.82, 2.24) is 20.2 Å². The van der Waals surface area contributed by atoms with Crippen molar-refractivity contribution in [3.05, 3.63) is 72.1 Å². The van der Waals surface area contributed by atoms with Gasteiger partial charge in [-0.3, -0.25) is 10.3 Å². The summed E-state index contributed by atoms with van der Waals surface area (Å²) in [6.07, 6.45) is 6.17. The van der Waals surface area contributed by atoms with E-state index < -0.39 is 0 Å². The lowest BCUT2D eigenvalue weighted by Gasteiger charge is -2.58. The summed E-state index contributed by atoms with van der Waals surface area (Å²) >= 11 is 0. The van der Waals surface area contributed by atoms with Gasteiger partial charge in [0.15, 0.2) is 0 Å². The summed E-state index contributed by atoms with van der Waals surface area (Å²) in [6.45, 7) is 4.78. The number of hydrogen-bond donors (Lipinski definition) is 4. The normalized spacial score (nSPS) is 19.9. The Morgan fingerprint density at radius 2 is 1.69 bits per heavy atom. The van der Waals surface area contributed by atoms with E-state index in [-0.39, 0.29) is 0 Å². The molecule has 0 bridgehead atoms. The van der Waals surface area contributed by atoms with Crippen molar-refractivity contribution < 1.29 is 4.74 Å². The molecule has 186 valence electrons. The van der Waals surface area contributed by atoms with Crippen LogP contribution in [0.3, 0.4) is 0 Å². The van der Waals surface area contributed by atoms with Crippen molar-refractivity contribution in [3.63, 3.8) is 0 Å². The van der Waals surface area contributed by atoms with Crippen LogP contribution in [0.4, 0.5) is 11.6 Å². The third-order valence-corrected chi connectivity index (χ3v) is 7.99. The minimum absolute atomic E-state index is 0.304. The highest BCUT2D eigenvalue weighted by Crippen LogP contribution is 2.45. The fourth-order valence-corrected chi connectivity index (χ4v) is 5.70. The second-order valence-corrected chi connectivity index (χ2v) is 10.4. The summed E-state index contributed by atoms with van der Waals surface area (Å²) in [7, 11) is 0. The average molecular weight is 484 g/mol. The summed E-state index contributed by atoms with van der Waals surface area (Å²) in [5.41, 5.74) is 8.36. The van der Waals surface area contributed by atoms with Gasteiger partial charge in [-0.25, -0.2) is 9.97 Å². The number of anilines is 2. The first kappa shape index (κ1) is 22.9. The number of benzene rings is 2. The van der Waals surface area contributed by atoms with E-state index in [4.69, 9.17) is 15.9 Å². The molecule has 8 heteroatoms. The predicted molar refractivity (Wildman–Crippen MR) is 142 cm³/mol. The van der Waals surface area contributed by atoms with E-state index in [1.54, 1.807) is 0 Å². The quantitative estimate of drug-likeness (QED) is 0.377. The van der Waals surface area contributed by atoms with Gasteiger partial charge in [0.1, 0.15) is 29.5 Å². The highest BCUT2D eigenvalue weighted by molar-refractivity contribution is 6.16. The molecule has 8 nitrogen and oxygen atoms in total. The largest absolute Gasteiger partial charge is 0.457 e. The fourth-order valence-electron chi connectivity index (χ4n) is 5.70. The lowest BCUT2D eigenvalue weighted by molar-refractivity contribution is -0.0676. The van der Waals surface area contributed by atoms with Crippen molar-refractivity contribution >= 4 is 17.3 Å². The molecule has 1 saturated carbocycles. The molecule has 0 atom stereocenters. The van der Waals surface area contributed by atoms with E-state index in [9.17, 15) is 0 Å². The predicted octanol–water partition coefficient (Wildman–Crippen LogP) is 3.90. The second kappa shape index (κ2) is 9.52. The Balaban J connectivity index is 1.11. The molecule has 1 spiro atoms. The van der Waals surface area contributed by atoms with Gasteiger partial charge in [-0.1, -0.05) is 18.2 Å². The van der Waals surface area contributed by atoms with Crippen LogP contribution < -0.4 is 21.1 Å². The van der Waals surface area contributed by atoms with E-state index >= 15 is 0 Å². The van der Waals surface area contributed by atoms with E-state index in [2.05, 4.69) is 25.5 Å². The van der Waals surface area contributed by atoms with Crippen LogP contribution in [-0.2, 0) is 0 Å². The molecule has 2 saturated heterocycles. The van der Waals surface area contributed by atoms with E-state index in [0.717, 1.165) is 43.3 Å². The molecule has 3 heterocycles. The van der Waals surface area contributed by atoms with Crippen LogP contribution in [0.1, 0.15) is 36.8 Å². The Morgan fingerprint density at radius 3 is 2.36 bits per heavy atom. The van der Waals surface area contributed by atoms with Gasteiger partial charge >= 0.3 is 0 Å². The Kier molecular flexibility index (Phi) is 6.07. The molecule has 2 aliphatic heterocycles. The first-order chi connectivity index (χ1) is 17.6. The molecule has 0 radical (unpaired) electrons. The maximum Gasteiger partial charge on any atom is 0.141 e. The molecule has 3 aromatic rings. The molecule has 1 aliphatic carbocycles. The van der Waals surface area contributed by atoms with Crippen LogP contribution in [0.5, 0.6) is 11.5 Å². The molecular formula is C28H33N7O. The topological polar surface area (TPSA) is 112 Å². The van der Waals surface area contributed by atoms with Crippen molar-refractivity contribution in [2.24, 2.45) is 5.41 Å². The minimum atomic E-state index is 0.304. The van der Waals surface area contributed by atoms with Crippen LogP contribution in [-0.4, -0.2) is 58.8 Å². The SMILES string of the molecule is N=C(c1ccc(Oc2ccccc2)cc1)c1c(N)ncnc1NC1CCC2(CC1)CN(C1CNC1)C2. The van der Waals surface area contributed by atoms with Crippen LogP contribution >= 0.6 is 0 Å². The average Bonchev–Trinajstić information content (AvgIpc) is 2.84. The molecule has 5 N–H and O–H groups in total. The zero-order valence-electron chi connectivity index (χ0n) is 20.4. The van der Waals surface area contributed by atoms with Gasteiger partial charge in [0.05, 0.1) is 11.3 Å². The van der Waals surface area contributed by atoms with Gasteiger partial charge < -0.3 is 21.1 Å². The lowest BCUT2D eigenvalue weighted by atomic mass is 9.66. The lowest BCUT2D eigenvalue weighted by Crippen LogP contribution is -2.68. The highest BCUT2D eigenvalue weighted by Gasteiger charge is 2.48. The zero-order valence-corrected chi connectivity index (χ0v) is 20.4. The van der Waals surface area contributed by atoms with Crippen molar-refractivity contribution in [1.29, 1.82) is 5.41 Å². The maximum atomic E-state index is 8.90. The number of aromatic nitrogens is 2. The van der Waals surface area contributed by atoms with Gasteiger partial charge in [-0.2, -0.15) is 0 Å². The summed E-state index contributed by atoms with van der Waals surface area (Å²) in [6, 6.07) is 18.2. The summed E-state index contributed by atoms with van der Waals surface area (Å²) < 4.78 is 5.89. The highest BCUT2D eigenvalue weighted by atomic mass is 16.5. The standard InChI is InChI=1S/C28H33N7O/c29-25(19-6-8-23(9-7-19)36-22-4-2-1-3-5-22)24-26(30)32-18-33-27(24)34-20-10-12-28(13-11-20)16-35(17-28)21-14-31-15-21/h1-9,18,20-21,29,31H,10-17H2,(H3,30,32,33,34).